The van der Waals surface area contributed by atoms with Crippen molar-refractivity contribution in [3.05, 3.63) is 78.2 Å². The molecule has 0 aliphatic carbocycles. The Morgan fingerprint density at radius 3 is 2.63 bits per heavy atom. The molecule has 1 unspecified atom stereocenters. The molecule has 11 nitrogen and oxygen atoms in total. The molecule has 0 aliphatic rings. The van der Waals surface area contributed by atoms with E-state index in [1.807, 2.05) is 5.43 Å². The smallest absolute Gasteiger partial charge is 0.332 e. The summed E-state index contributed by atoms with van der Waals surface area (Å²) in [5, 5.41) is 25.8. The van der Waals surface area contributed by atoms with Crippen LogP contribution in [0.3, 0.4) is 0 Å². The molecule has 30 heavy (non-hydrogen) atoms. The molecular formula is C17H12Cl2N6O5. The average Bonchev–Trinajstić information content (AvgIpc) is 2.69. The number of nitro groups is 1. The molecule has 5 N–H and O–H groups in total. The van der Waals surface area contributed by atoms with Gasteiger partial charge in [0.1, 0.15) is 11.8 Å². The highest BCUT2D eigenvalue weighted by Crippen LogP contribution is 2.27. The van der Waals surface area contributed by atoms with Crippen molar-refractivity contribution < 1.29 is 14.8 Å². The summed E-state index contributed by atoms with van der Waals surface area (Å²) in [6.45, 7) is 0. The number of carbonyl (C=O) groups is 1. The number of benzene rings is 2. The van der Waals surface area contributed by atoms with E-state index >= 15 is 0 Å². The molecule has 0 radical (unpaired) electrons. The van der Waals surface area contributed by atoms with Gasteiger partial charge in [-0.3, -0.25) is 14.9 Å². The van der Waals surface area contributed by atoms with E-state index in [-0.39, 0.29) is 43.7 Å². The van der Waals surface area contributed by atoms with Gasteiger partial charge < -0.3 is 15.8 Å². The number of nitrogens with zero attached hydrogens (tertiary/aromatic N) is 3. The van der Waals surface area contributed by atoms with Crippen LogP contribution in [-0.2, 0) is 0 Å². The van der Waals surface area contributed by atoms with Gasteiger partial charge >= 0.3 is 6.03 Å². The lowest BCUT2D eigenvalue weighted by atomic mass is 10.0. The number of rotatable bonds is 5. The number of carbonyl (C=O) groups excluding carboxylic acids is 1. The first-order valence-corrected chi connectivity index (χ1v) is 8.88. The van der Waals surface area contributed by atoms with Crippen molar-refractivity contribution in [2.75, 3.05) is 0 Å². The highest BCUT2D eigenvalue weighted by atomic mass is 35.5. The number of hydrogen-bond donors (Lipinski definition) is 4. The molecule has 3 aromatic rings. The molecule has 0 saturated heterocycles. The Hall–Kier alpha value is -3.54. The second-order valence-electron chi connectivity index (χ2n) is 5.92. The SMILES string of the molecule is NC(=O)N/N=C(\c1nc2ccc([N+](=O)[O-])cc2[nH]c1=O)C(O)c1ccc(Cl)c(Cl)c1. The van der Waals surface area contributed by atoms with E-state index in [4.69, 9.17) is 28.9 Å². The van der Waals surface area contributed by atoms with E-state index in [2.05, 4.69) is 15.1 Å². The Balaban J connectivity index is 2.16. The second-order valence-corrected chi connectivity index (χ2v) is 6.74. The summed E-state index contributed by atoms with van der Waals surface area (Å²) in [6, 6.07) is 6.84. The number of aliphatic hydroxyl groups is 1. The number of H-pyrrole nitrogens is 1. The van der Waals surface area contributed by atoms with Crippen LogP contribution in [0.2, 0.25) is 10.0 Å². The van der Waals surface area contributed by atoms with Gasteiger partial charge in [0.25, 0.3) is 11.2 Å². The Bertz CT molecular complexity index is 1260. The zero-order chi connectivity index (χ0) is 22.0. The van der Waals surface area contributed by atoms with Gasteiger partial charge in [-0.25, -0.2) is 15.2 Å². The summed E-state index contributed by atoms with van der Waals surface area (Å²) in [6.07, 6.45) is -1.55. The fourth-order valence-electron chi connectivity index (χ4n) is 2.56. The van der Waals surface area contributed by atoms with E-state index in [9.17, 15) is 24.8 Å². The van der Waals surface area contributed by atoms with Crippen LogP contribution in [-0.4, -0.2) is 31.7 Å². The van der Waals surface area contributed by atoms with E-state index in [0.717, 1.165) is 6.07 Å². The van der Waals surface area contributed by atoms with Crippen LogP contribution >= 0.6 is 23.2 Å². The van der Waals surface area contributed by atoms with Gasteiger partial charge in [0, 0.05) is 12.1 Å². The Labute approximate surface area is 177 Å². The number of non-ortho nitro benzene ring substituents is 1. The molecule has 1 heterocycles. The van der Waals surface area contributed by atoms with Crippen LogP contribution < -0.4 is 16.7 Å². The summed E-state index contributed by atoms with van der Waals surface area (Å²) in [4.78, 5) is 40.6. The van der Waals surface area contributed by atoms with Gasteiger partial charge in [0.05, 0.1) is 26.0 Å². The molecule has 0 fully saturated rings. The predicted molar refractivity (Wildman–Crippen MR) is 110 cm³/mol. The number of fused-ring (bicyclic) bond motifs is 1. The Morgan fingerprint density at radius 1 is 1.27 bits per heavy atom. The quantitative estimate of drug-likeness (QED) is 0.263. The molecule has 2 amide bonds. The van der Waals surface area contributed by atoms with E-state index in [1.54, 1.807) is 0 Å². The molecule has 2 aromatic carbocycles. The first-order valence-electron chi connectivity index (χ1n) is 8.12. The Morgan fingerprint density at radius 2 is 2.00 bits per heavy atom. The first kappa shape index (κ1) is 21.2. The topological polar surface area (TPSA) is 177 Å². The summed E-state index contributed by atoms with van der Waals surface area (Å²) in [5.41, 5.74) is 5.73. The first-order chi connectivity index (χ1) is 14.2. The lowest BCUT2D eigenvalue weighted by Gasteiger charge is -2.14. The monoisotopic (exact) mass is 450 g/mol. The molecule has 0 saturated carbocycles. The number of aromatic amines is 1. The van der Waals surface area contributed by atoms with E-state index in [0.29, 0.717) is 0 Å². The summed E-state index contributed by atoms with van der Waals surface area (Å²) in [7, 11) is 0. The molecule has 154 valence electrons. The zero-order valence-electron chi connectivity index (χ0n) is 14.8. The van der Waals surface area contributed by atoms with Crippen molar-refractivity contribution in [3.63, 3.8) is 0 Å². The summed E-state index contributed by atoms with van der Waals surface area (Å²) >= 11 is 11.9. The van der Waals surface area contributed by atoms with Gasteiger partial charge in [-0.05, 0) is 23.8 Å². The van der Waals surface area contributed by atoms with Crippen molar-refractivity contribution in [1.82, 2.24) is 15.4 Å². The molecular weight excluding hydrogens is 439 g/mol. The van der Waals surface area contributed by atoms with Crippen LogP contribution in [0.4, 0.5) is 10.5 Å². The van der Waals surface area contributed by atoms with Gasteiger partial charge in [-0.1, -0.05) is 29.3 Å². The number of nitrogens with two attached hydrogens (primary N) is 1. The summed E-state index contributed by atoms with van der Waals surface area (Å²) in [5.74, 6) is 0. The van der Waals surface area contributed by atoms with Crippen LogP contribution in [0.5, 0.6) is 0 Å². The number of nitro benzene ring substituents is 1. The predicted octanol–water partition coefficient (Wildman–Crippen LogP) is 2.24. The molecule has 0 bridgehead atoms. The third kappa shape index (κ3) is 4.38. The zero-order valence-corrected chi connectivity index (χ0v) is 16.3. The number of urea groups is 1. The molecule has 13 heteroatoms. The minimum absolute atomic E-state index is 0.101. The van der Waals surface area contributed by atoms with Crippen molar-refractivity contribution in [2.45, 2.75) is 6.10 Å². The van der Waals surface area contributed by atoms with Gasteiger partial charge in [0.15, 0.2) is 5.69 Å². The third-order valence-corrected chi connectivity index (χ3v) is 4.67. The van der Waals surface area contributed by atoms with E-state index in [1.165, 1.54) is 30.3 Å². The average molecular weight is 451 g/mol. The number of hydrazone groups is 1. The van der Waals surface area contributed by atoms with Crippen LogP contribution in [0.1, 0.15) is 17.4 Å². The molecule has 0 aliphatic heterocycles. The minimum atomic E-state index is -1.55. The maximum atomic E-state index is 12.6. The molecule has 3 rings (SSSR count). The standard InChI is InChI=1S/C17H12Cl2N6O5/c18-9-3-1-7(5-10(9)19)15(26)13(23-24-17(20)28)14-16(27)22-12-6-8(25(29)30)2-4-11(12)21-14/h1-6,15,26H,(H,22,27)(H3,20,24,28)/b23-13+. The highest BCUT2D eigenvalue weighted by molar-refractivity contribution is 6.42. The van der Waals surface area contributed by atoms with Crippen molar-refractivity contribution in [2.24, 2.45) is 10.8 Å². The Kier molecular flexibility index (Phi) is 5.96. The number of hydrogen-bond acceptors (Lipinski definition) is 7. The number of nitrogens with one attached hydrogen (secondary N) is 2. The largest absolute Gasteiger partial charge is 0.382 e. The van der Waals surface area contributed by atoms with Gasteiger partial charge in [0.2, 0.25) is 0 Å². The highest BCUT2D eigenvalue weighted by Gasteiger charge is 2.24. The maximum Gasteiger partial charge on any atom is 0.332 e. The lowest BCUT2D eigenvalue weighted by Crippen LogP contribution is -2.31. The van der Waals surface area contributed by atoms with Gasteiger partial charge in [-0.15, -0.1) is 0 Å². The number of amides is 2. The van der Waals surface area contributed by atoms with Crippen LogP contribution in [0.25, 0.3) is 11.0 Å². The number of halogens is 2. The lowest BCUT2D eigenvalue weighted by molar-refractivity contribution is -0.384. The molecule has 1 aromatic heterocycles. The third-order valence-electron chi connectivity index (χ3n) is 3.93. The molecule has 1 atom stereocenters. The second kappa shape index (κ2) is 8.45. The van der Waals surface area contributed by atoms with Crippen molar-refractivity contribution >= 4 is 51.7 Å². The molecule has 0 spiro atoms. The minimum Gasteiger partial charge on any atom is -0.382 e. The van der Waals surface area contributed by atoms with E-state index < -0.39 is 22.6 Å². The normalized spacial score (nSPS) is 12.6. The van der Waals surface area contributed by atoms with Gasteiger partial charge in [-0.2, -0.15) is 5.10 Å². The van der Waals surface area contributed by atoms with Crippen molar-refractivity contribution in [3.8, 4) is 0 Å². The van der Waals surface area contributed by atoms with Crippen LogP contribution in [0.15, 0.2) is 46.3 Å². The fourth-order valence-corrected chi connectivity index (χ4v) is 2.87. The van der Waals surface area contributed by atoms with Crippen molar-refractivity contribution in [1.29, 1.82) is 0 Å². The van der Waals surface area contributed by atoms with Crippen LogP contribution in [0, 0.1) is 10.1 Å². The maximum absolute atomic E-state index is 12.6. The fraction of sp³-hybridized carbons (Fsp3) is 0.0588. The number of aromatic nitrogens is 2. The number of primary amides is 1. The summed E-state index contributed by atoms with van der Waals surface area (Å²) < 4.78 is 0. The number of aliphatic hydroxyl groups excluding tert-OH is 1.